The van der Waals surface area contributed by atoms with Crippen LogP contribution in [0.5, 0.6) is 0 Å². The summed E-state index contributed by atoms with van der Waals surface area (Å²) in [5, 5.41) is 25.2. The van der Waals surface area contributed by atoms with Crippen molar-refractivity contribution in [1.29, 1.82) is 0 Å². The molecule has 2 aromatic rings. The molecule has 234 valence electrons. The SMILES string of the molecule is CCC[C@@H](CCC[C@@H](CO)N(C(C)C)S(=O)(=O)c1ccc(CO)cc1)NC(=O)[C@H](Cc1ccccc1Br)NC(=O)OC. The highest BCUT2D eigenvalue weighted by atomic mass is 79.9. The van der Waals surface area contributed by atoms with Gasteiger partial charge in [-0.1, -0.05) is 59.6 Å². The number of methoxy groups -OCH3 is 1. The molecule has 2 rings (SSSR count). The van der Waals surface area contributed by atoms with Gasteiger partial charge >= 0.3 is 6.09 Å². The lowest BCUT2D eigenvalue weighted by molar-refractivity contribution is -0.123. The number of hydrogen-bond acceptors (Lipinski definition) is 7. The summed E-state index contributed by atoms with van der Waals surface area (Å²) < 4.78 is 34.0. The lowest BCUT2D eigenvalue weighted by Gasteiger charge is -2.33. The number of nitrogens with one attached hydrogen (secondary N) is 2. The van der Waals surface area contributed by atoms with Crippen molar-refractivity contribution in [1.82, 2.24) is 14.9 Å². The first kappa shape index (κ1) is 35.7. The summed E-state index contributed by atoms with van der Waals surface area (Å²) in [6, 6.07) is 11.4. The minimum atomic E-state index is -3.91. The normalized spacial score (nSPS) is 13.9. The standard InChI is InChI=1S/C30H44BrN3O7S/c1-5-9-24(32-29(37)28(33-30(38)41-4)18-23-10-6-7-13-27(23)31)11-8-12-25(20-36)34(21(2)3)42(39,40)26-16-14-22(19-35)15-17-26/h6-7,10,13-17,21,24-25,28,35-36H,5,8-9,11-12,18-20H2,1-4H3,(H,32,37)(H,33,38)/t24-,25-,28-/m0/s1. The van der Waals surface area contributed by atoms with Crippen molar-refractivity contribution in [3.8, 4) is 0 Å². The Labute approximate surface area is 258 Å². The van der Waals surface area contributed by atoms with Crippen LogP contribution in [0.25, 0.3) is 0 Å². The molecule has 12 heteroatoms. The van der Waals surface area contributed by atoms with Gasteiger partial charge in [0.1, 0.15) is 6.04 Å². The van der Waals surface area contributed by atoms with Crippen LogP contribution in [0.15, 0.2) is 57.9 Å². The number of carbonyl (C=O) groups excluding carboxylic acids is 2. The predicted octanol–water partition coefficient (Wildman–Crippen LogP) is 4.12. The summed E-state index contributed by atoms with van der Waals surface area (Å²) >= 11 is 3.49. The molecule has 10 nitrogen and oxygen atoms in total. The van der Waals surface area contributed by atoms with Gasteiger partial charge in [-0.2, -0.15) is 4.31 Å². The molecule has 0 saturated carbocycles. The zero-order valence-corrected chi connectivity index (χ0v) is 27.2. The summed E-state index contributed by atoms with van der Waals surface area (Å²) in [5.41, 5.74) is 1.46. The van der Waals surface area contributed by atoms with Gasteiger partial charge in [0, 0.05) is 29.0 Å². The number of amides is 2. The summed E-state index contributed by atoms with van der Waals surface area (Å²) in [6.07, 6.45) is 2.56. The number of aliphatic hydroxyl groups excluding tert-OH is 2. The third kappa shape index (κ3) is 10.3. The minimum absolute atomic E-state index is 0.0946. The first-order chi connectivity index (χ1) is 20.0. The van der Waals surface area contributed by atoms with Gasteiger partial charge in [0.25, 0.3) is 0 Å². The Bertz CT molecular complexity index is 1240. The monoisotopic (exact) mass is 669 g/mol. The Balaban J connectivity index is 2.13. The predicted molar refractivity (Wildman–Crippen MR) is 165 cm³/mol. The second-order valence-electron chi connectivity index (χ2n) is 10.5. The van der Waals surface area contributed by atoms with E-state index < -0.39 is 34.2 Å². The van der Waals surface area contributed by atoms with E-state index in [0.29, 0.717) is 31.2 Å². The Kier molecular flexibility index (Phi) is 14.9. The van der Waals surface area contributed by atoms with Gasteiger partial charge < -0.3 is 25.6 Å². The zero-order valence-electron chi connectivity index (χ0n) is 24.8. The first-order valence-electron chi connectivity index (χ1n) is 14.2. The quantitative estimate of drug-likeness (QED) is 0.198. The second kappa shape index (κ2) is 17.6. The van der Waals surface area contributed by atoms with Crippen molar-refractivity contribution in [2.45, 2.75) is 95.0 Å². The molecule has 0 heterocycles. The van der Waals surface area contributed by atoms with E-state index in [4.69, 9.17) is 4.74 Å². The molecule has 0 aliphatic rings. The van der Waals surface area contributed by atoms with Crippen LogP contribution in [0.2, 0.25) is 0 Å². The van der Waals surface area contributed by atoms with Crippen molar-refractivity contribution >= 4 is 38.0 Å². The number of aliphatic hydroxyl groups is 2. The Morgan fingerprint density at radius 3 is 2.21 bits per heavy atom. The average molecular weight is 671 g/mol. The van der Waals surface area contributed by atoms with Crippen molar-refractivity contribution in [3.05, 3.63) is 64.1 Å². The summed E-state index contributed by atoms with van der Waals surface area (Å²) in [6.45, 7) is 5.00. The van der Waals surface area contributed by atoms with Crippen LogP contribution in [0.4, 0.5) is 4.79 Å². The highest BCUT2D eigenvalue weighted by molar-refractivity contribution is 9.10. The smallest absolute Gasteiger partial charge is 0.407 e. The van der Waals surface area contributed by atoms with E-state index in [0.717, 1.165) is 16.5 Å². The Morgan fingerprint density at radius 2 is 1.67 bits per heavy atom. The highest BCUT2D eigenvalue weighted by Gasteiger charge is 2.33. The third-order valence-electron chi connectivity index (χ3n) is 7.01. The van der Waals surface area contributed by atoms with Gasteiger partial charge in [-0.15, -0.1) is 0 Å². The van der Waals surface area contributed by atoms with Crippen LogP contribution in [0.3, 0.4) is 0 Å². The first-order valence-corrected chi connectivity index (χ1v) is 16.4. The fourth-order valence-electron chi connectivity index (χ4n) is 4.92. The van der Waals surface area contributed by atoms with Gasteiger partial charge in [0.05, 0.1) is 25.2 Å². The van der Waals surface area contributed by atoms with Crippen LogP contribution >= 0.6 is 15.9 Å². The molecule has 2 aromatic carbocycles. The zero-order chi connectivity index (χ0) is 31.3. The maximum Gasteiger partial charge on any atom is 0.407 e. The van der Waals surface area contributed by atoms with E-state index in [1.54, 1.807) is 26.0 Å². The number of ether oxygens (including phenoxy) is 1. The molecule has 0 radical (unpaired) electrons. The van der Waals surface area contributed by atoms with E-state index in [9.17, 15) is 28.2 Å². The summed E-state index contributed by atoms with van der Waals surface area (Å²) in [5.74, 6) is -0.342. The van der Waals surface area contributed by atoms with Crippen molar-refractivity contribution in [2.24, 2.45) is 0 Å². The molecule has 2 amide bonds. The maximum absolute atomic E-state index is 13.5. The summed E-state index contributed by atoms with van der Waals surface area (Å²) in [7, 11) is -2.67. The third-order valence-corrected chi connectivity index (χ3v) is 9.93. The van der Waals surface area contributed by atoms with Crippen LogP contribution in [0, 0.1) is 0 Å². The lowest BCUT2D eigenvalue weighted by Crippen LogP contribution is -2.51. The molecule has 0 bridgehead atoms. The topological polar surface area (TPSA) is 145 Å². The Morgan fingerprint density at radius 1 is 1.00 bits per heavy atom. The molecule has 0 fully saturated rings. The second-order valence-corrected chi connectivity index (χ2v) is 13.2. The summed E-state index contributed by atoms with van der Waals surface area (Å²) in [4.78, 5) is 25.4. The van der Waals surface area contributed by atoms with Crippen molar-refractivity contribution in [2.75, 3.05) is 13.7 Å². The number of alkyl carbamates (subject to hydrolysis) is 1. The van der Waals surface area contributed by atoms with E-state index in [1.165, 1.54) is 23.5 Å². The van der Waals surface area contributed by atoms with Gasteiger partial charge in [0.2, 0.25) is 15.9 Å². The highest BCUT2D eigenvalue weighted by Crippen LogP contribution is 2.25. The van der Waals surface area contributed by atoms with E-state index in [-0.39, 0.29) is 36.5 Å². The van der Waals surface area contributed by atoms with Gasteiger partial charge in [0.15, 0.2) is 0 Å². The largest absolute Gasteiger partial charge is 0.453 e. The molecule has 0 unspecified atom stereocenters. The molecule has 0 saturated heterocycles. The number of sulfonamides is 1. The Hall–Kier alpha value is -2.51. The number of nitrogens with zero attached hydrogens (tertiary/aromatic N) is 1. The average Bonchev–Trinajstić information content (AvgIpc) is 2.96. The lowest BCUT2D eigenvalue weighted by atomic mass is 10.0. The number of carbonyl (C=O) groups is 2. The van der Waals surface area contributed by atoms with Crippen molar-refractivity contribution in [3.63, 3.8) is 0 Å². The fraction of sp³-hybridized carbons (Fsp3) is 0.533. The van der Waals surface area contributed by atoms with E-state index in [2.05, 4.69) is 26.6 Å². The van der Waals surface area contributed by atoms with Gasteiger partial charge in [-0.05, 0) is 68.9 Å². The number of halogens is 1. The molecule has 0 aromatic heterocycles. The molecule has 0 spiro atoms. The molecule has 3 atom stereocenters. The molecular formula is C30H44BrN3O7S. The van der Waals surface area contributed by atoms with Crippen LogP contribution in [-0.4, -0.2) is 72.8 Å². The van der Waals surface area contributed by atoms with E-state index in [1.807, 2.05) is 31.2 Å². The van der Waals surface area contributed by atoms with Gasteiger partial charge in [-0.25, -0.2) is 13.2 Å². The molecule has 4 N–H and O–H groups in total. The minimum Gasteiger partial charge on any atom is -0.453 e. The molecular weight excluding hydrogens is 626 g/mol. The molecule has 0 aliphatic heterocycles. The van der Waals surface area contributed by atoms with Gasteiger partial charge in [-0.3, -0.25) is 4.79 Å². The van der Waals surface area contributed by atoms with E-state index >= 15 is 0 Å². The molecule has 42 heavy (non-hydrogen) atoms. The fourth-order valence-corrected chi connectivity index (χ4v) is 7.21. The maximum atomic E-state index is 13.5. The van der Waals surface area contributed by atoms with Crippen LogP contribution < -0.4 is 10.6 Å². The van der Waals surface area contributed by atoms with Crippen molar-refractivity contribution < 1.29 is 33.0 Å². The number of benzene rings is 2. The molecule has 0 aliphatic carbocycles. The van der Waals surface area contributed by atoms with Crippen LogP contribution in [0.1, 0.15) is 64.0 Å². The number of rotatable bonds is 17. The van der Waals surface area contributed by atoms with Crippen LogP contribution in [-0.2, 0) is 32.6 Å². The number of hydrogen-bond donors (Lipinski definition) is 4.